The van der Waals surface area contributed by atoms with Crippen LogP contribution in [0.2, 0.25) is 5.02 Å². The highest BCUT2D eigenvalue weighted by atomic mass is 35.5. The molecule has 0 unspecified atom stereocenters. The third kappa shape index (κ3) is 3.43. The van der Waals surface area contributed by atoms with Crippen molar-refractivity contribution in [1.29, 1.82) is 0 Å². The van der Waals surface area contributed by atoms with Crippen LogP contribution in [-0.2, 0) is 6.54 Å². The predicted molar refractivity (Wildman–Crippen MR) is 91.5 cm³/mol. The summed E-state index contributed by atoms with van der Waals surface area (Å²) >= 11 is 6.08. The van der Waals surface area contributed by atoms with Gasteiger partial charge in [-0.2, -0.15) is 4.39 Å². The Labute approximate surface area is 146 Å². The van der Waals surface area contributed by atoms with Crippen LogP contribution in [0, 0.1) is 15.9 Å². The molecule has 2 aromatic carbocycles. The monoisotopic (exact) mass is 362 g/mol. The first-order chi connectivity index (χ1) is 12.0. The zero-order valence-electron chi connectivity index (χ0n) is 13.0. The van der Waals surface area contributed by atoms with E-state index >= 15 is 0 Å². The lowest BCUT2D eigenvalue weighted by molar-refractivity contribution is -0.387. The molecular formula is C16H12ClFN4O3. The minimum Gasteiger partial charge on any atom is -0.495 e. The van der Waals surface area contributed by atoms with E-state index in [2.05, 4.69) is 15.3 Å². The molecule has 1 heterocycles. The Bertz CT molecular complexity index is 968. The van der Waals surface area contributed by atoms with Crippen molar-refractivity contribution in [2.24, 2.45) is 0 Å². The fourth-order valence-corrected chi connectivity index (χ4v) is 2.63. The highest BCUT2D eigenvalue weighted by Gasteiger charge is 2.17. The number of hydrogen-bond donors (Lipinski definition) is 1. The lowest BCUT2D eigenvalue weighted by Crippen LogP contribution is -2.03. The SMILES string of the molecule is COc1ccc(CNc2ncnc3cc(F)c([N+](=O)[O-])cc23)cc1Cl. The van der Waals surface area contributed by atoms with E-state index in [4.69, 9.17) is 16.3 Å². The number of aromatic nitrogens is 2. The summed E-state index contributed by atoms with van der Waals surface area (Å²) in [6.45, 7) is 0.362. The number of nitrogens with zero attached hydrogens (tertiary/aromatic N) is 3. The second-order valence-corrected chi connectivity index (χ2v) is 5.53. The summed E-state index contributed by atoms with van der Waals surface area (Å²) in [5.74, 6) is -0.0203. The van der Waals surface area contributed by atoms with Gasteiger partial charge in [0.25, 0.3) is 0 Å². The highest BCUT2D eigenvalue weighted by molar-refractivity contribution is 6.32. The molecule has 0 radical (unpaired) electrons. The van der Waals surface area contributed by atoms with Crippen LogP contribution in [0.15, 0.2) is 36.7 Å². The van der Waals surface area contributed by atoms with Gasteiger partial charge < -0.3 is 10.1 Å². The van der Waals surface area contributed by atoms with Gasteiger partial charge in [0.2, 0.25) is 5.82 Å². The maximum atomic E-state index is 13.7. The average molecular weight is 363 g/mol. The van der Waals surface area contributed by atoms with Gasteiger partial charge >= 0.3 is 5.69 Å². The largest absolute Gasteiger partial charge is 0.495 e. The van der Waals surface area contributed by atoms with Gasteiger partial charge in [0.15, 0.2) is 0 Å². The topological polar surface area (TPSA) is 90.2 Å². The molecule has 0 amide bonds. The van der Waals surface area contributed by atoms with E-state index in [9.17, 15) is 14.5 Å². The summed E-state index contributed by atoms with van der Waals surface area (Å²) in [6.07, 6.45) is 1.26. The van der Waals surface area contributed by atoms with E-state index in [0.717, 1.165) is 17.7 Å². The number of hydrogen-bond acceptors (Lipinski definition) is 6. The Morgan fingerprint density at radius 2 is 2.12 bits per heavy atom. The Balaban J connectivity index is 1.92. The number of benzene rings is 2. The molecule has 25 heavy (non-hydrogen) atoms. The van der Waals surface area contributed by atoms with E-state index in [1.165, 1.54) is 13.4 Å². The first-order valence-corrected chi connectivity index (χ1v) is 7.52. The Morgan fingerprint density at radius 1 is 1.32 bits per heavy atom. The Hall–Kier alpha value is -3.00. The predicted octanol–water partition coefficient (Wildman–Crippen LogP) is 3.95. The molecule has 0 spiro atoms. The Kier molecular flexibility index (Phi) is 4.62. The van der Waals surface area contributed by atoms with Gasteiger partial charge in [-0.25, -0.2) is 9.97 Å². The van der Waals surface area contributed by atoms with E-state index in [0.29, 0.717) is 28.5 Å². The molecule has 0 saturated heterocycles. The molecule has 0 fully saturated rings. The number of nitro groups is 1. The summed E-state index contributed by atoms with van der Waals surface area (Å²) in [7, 11) is 1.53. The summed E-state index contributed by atoms with van der Waals surface area (Å²) in [4.78, 5) is 18.2. The molecule has 128 valence electrons. The second-order valence-electron chi connectivity index (χ2n) is 5.12. The van der Waals surface area contributed by atoms with Crippen molar-refractivity contribution < 1.29 is 14.1 Å². The minimum absolute atomic E-state index is 0.272. The van der Waals surface area contributed by atoms with E-state index in [1.54, 1.807) is 12.1 Å². The number of anilines is 1. The third-order valence-electron chi connectivity index (χ3n) is 3.58. The van der Waals surface area contributed by atoms with Crippen LogP contribution in [0.5, 0.6) is 5.75 Å². The molecule has 3 rings (SSSR count). The van der Waals surface area contributed by atoms with Crippen molar-refractivity contribution in [3.05, 3.63) is 63.2 Å². The van der Waals surface area contributed by atoms with Crippen LogP contribution < -0.4 is 10.1 Å². The molecule has 0 saturated carbocycles. The molecule has 0 bridgehead atoms. The number of rotatable bonds is 5. The van der Waals surface area contributed by atoms with Crippen LogP contribution >= 0.6 is 11.6 Å². The van der Waals surface area contributed by atoms with Crippen LogP contribution in [-0.4, -0.2) is 22.0 Å². The summed E-state index contributed by atoms with van der Waals surface area (Å²) in [5, 5.41) is 14.8. The maximum Gasteiger partial charge on any atom is 0.305 e. The fourth-order valence-electron chi connectivity index (χ4n) is 2.35. The van der Waals surface area contributed by atoms with E-state index in [1.807, 2.05) is 6.07 Å². The molecule has 7 nitrogen and oxygen atoms in total. The molecule has 0 aliphatic rings. The van der Waals surface area contributed by atoms with Crippen LogP contribution in [0.3, 0.4) is 0 Å². The van der Waals surface area contributed by atoms with E-state index in [-0.39, 0.29) is 5.52 Å². The zero-order chi connectivity index (χ0) is 18.0. The third-order valence-corrected chi connectivity index (χ3v) is 3.87. The van der Waals surface area contributed by atoms with Gasteiger partial charge in [-0.1, -0.05) is 17.7 Å². The molecule has 1 N–H and O–H groups in total. The van der Waals surface area contributed by atoms with Crippen molar-refractivity contribution in [3.8, 4) is 5.75 Å². The Morgan fingerprint density at radius 3 is 2.80 bits per heavy atom. The second kappa shape index (κ2) is 6.86. The summed E-state index contributed by atoms with van der Waals surface area (Å²) in [6, 6.07) is 7.43. The fraction of sp³-hybridized carbons (Fsp3) is 0.125. The molecular weight excluding hydrogens is 351 g/mol. The number of fused-ring (bicyclic) bond motifs is 1. The van der Waals surface area contributed by atoms with Crippen LogP contribution in [0.1, 0.15) is 5.56 Å². The van der Waals surface area contributed by atoms with Crippen LogP contribution in [0.25, 0.3) is 10.9 Å². The number of nitro benzene ring substituents is 1. The van der Waals surface area contributed by atoms with Gasteiger partial charge in [0.1, 0.15) is 17.9 Å². The molecule has 1 aromatic heterocycles. The standard InChI is InChI=1S/C16H12ClFN4O3/c1-25-15-3-2-9(4-11(15)17)7-19-16-10-5-14(22(23)24)12(18)6-13(10)20-8-21-16/h2-6,8H,7H2,1H3,(H,19,20,21). The van der Waals surface area contributed by atoms with Gasteiger partial charge in [-0.05, 0) is 17.7 Å². The first kappa shape index (κ1) is 16.8. The molecule has 3 aromatic rings. The van der Waals surface area contributed by atoms with Gasteiger partial charge in [-0.15, -0.1) is 0 Å². The van der Waals surface area contributed by atoms with Crippen molar-refractivity contribution in [3.63, 3.8) is 0 Å². The minimum atomic E-state index is -0.941. The molecule has 0 aliphatic carbocycles. The van der Waals surface area contributed by atoms with Gasteiger partial charge in [0, 0.05) is 24.1 Å². The molecule has 0 atom stereocenters. The average Bonchev–Trinajstić information content (AvgIpc) is 2.59. The zero-order valence-corrected chi connectivity index (χ0v) is 13.7. The van der Waals surface area contributed by atoms with Crippen molar-refractivity contribution in [2.45, 2.75) is 6.54 Å². The van der Waals surface area contributed by atoms with Gasteiger partial charge in [-0.3, -0.25) is 10.1 Å². The lowest BCUT2D eigenvalue weighted by atomic mass is 10.2. The molecule has 0 aliphatic heterocycles. The van der Waals surface area contributed by atoms with Crippen molar-refractivity contribution in [2.75, 3.05) is 12.4 Å². The number of nitrogens with one attached hydrogen (secondary N) is 1. The first-order valence-electron chi connectivity index (χ1n) is 7.14. The van der Waals surface area contributed by atoms with Crippen LogP contribution in [0.4, 0.5) is 15.9 Å². The lowest BCUT2D eigenvalue weighted by Gasteiger charge is -2.10. The smallest absolute Gasteiger partial charge is 0.305 e. The van der Waals surface area contributed by atoms with Gasteiger partial charge in [0.05, 0.1) is 22.6 Å². The van der Waals surface area contributed by atoms with Crippen molar-refractivity contribution >= 4 is 34.0 Å². The van der Waals surface area contributed by atoms with Crippen molar-refractivity contribution in [1.82, 2.24) is 9.97 Å². The summed E-state index contributed by atoms with van der Waals surface area (Å²) < 4.78 is 18.8. The number of methoxy groups -OCH3 is 1. The normalized spacial score (nSPS) is 10.7. The summed E-state index contributed by atoms with van der Waals surface area (Å²) in [5.41, 5.74) is 0.500. The number of halogens is 2. The maximum absolute atomic E-state index is 13.7. The van der Waals surface area contributed by atoms with E-state index < -0.39 is 16.4 Å². The molecule has 9 heteroatoms. The quantitative estimate of drug-likeness (QED) is 0.546. The number of ether oxygens (including phenoxy) is 1. The highest BCUT2D eigenvalue weighted by Crippen LogP contribution is 2.28.